The quantitative estimate of drug-likeness (QED) is 0.284. The number of ether oxygens (including phenoxy) is 3. The van der Waals surface area contributed by atoms with Crippen LogP contribution in [0.25, 0.3) is 17.1 Å². The number of benzene rings is 2. The van der Waals surface area contributed by atoms with Crippen LogP contribution in [0.1, 0.15) is 21.7 Å². The topological polar surface area (TPSA) is 88.6 Å². The summed E-state index contributed by atoms with van der Waals surface area (Å²) in [5, 5.41) is 8.49. The van der Waals surface area contributed by atoms with E-state index in [0.29, 0.717) is 28.2 Å². The van der Waals surface area contributed by atoms with Gasteiger partial charge in [0, 0.05) is 28.2 Å². The molecule has 33 heavy (non-hydrogen) atoms. The van der Waals surface area contributed by atoms with Crippen LogP contribution in [0, 0.1) is 13.8 Å². The average molecular weight is 464 g/mol. The molecule has 1 aliphatic heterocycles. The number of hydrogen-bond acceptors (Lipinski definition) is 8. The first-order valence-electron chi connectivity index (χ1n) is 10.3. The molecular weight excluding hydrogens is 442 g/mol. The van der Waals surface area contributed by atoms with E-state index in [9.17, 15) is 4.79 Å². The zero-order chi connectivity index (χ0) is 22.9. The second kappa shape index (κ2) is 8.67. The Morgan fingerprint density at radius 2 is 1.85 bits per heavy atom. The van der Waals surface area contributed by atoms with Gasteiger partial charge in [-0.3, -0.25) is 4.79 Å². The van der Waals surface area contributed by atoms with E-state index in [1.165, 1.54) is 11.8 Å². The van der Waals surface area contributed by atoms with Gasteiger partial charge in [-0.1, -0.05) is 11.8 Å². The lowest BCUT2D eigenvalue weighted by molar-refractivity contribution is 0.102. The Balaban J connectivity index is 1.29. The van der Waals surface area contributed by atoms with E-state index < -0.39 is 0 Å². The first-order valence-corrected chi connectivity index (χ1v) is 11.2. The van der Waals surface area contributed by atoms with Gasteiger partial charge in [0.15, 0.2) is 17.3 Å². The minimum Gasteiger partial charge on any atom is -0.497 e. The summed E-state index contributed by atoms with van der Waals surface area (Å²) in [6, 6.07) is 15.1. The van der Waals surface area contributed by atoms with Gasteiger partial charge in [0.25, 0.3) is 5.22 Å². The molecule has 0 saturated carbocycles. The number of aromatic nitrogens is 3. The number of aryl methyl sites for hydroxylation is 1. The Morgan fingerprint density at radius 1 is 1.06 bits per heavy atom. The number of nitrogens with zero attached hydrogens (tertiary/aromatic N) is 3. The molecule has 4 aromatic rings. The number of methoxy groups -OCH3 is 1. The van der Waals surface area contributed by atoms with E-state index in [4.69, 9.17) is 18.6 Å². The van der Waals surface area contributed by atoms with Crippen molar-refractivity contribution in [3.63, 3.8) is 0 Å². The highest BCUT2D eigenvalue weighted by molar-refractivity contribution is 7.99. The second-order valence-electron chi connectivity index (χ2n) is 7.47. The molecule has 0 spiro atoms. The van der Waals surface area contributed by atoms with Crippen LogP contribution in [0.5, 0.6) is 17.2 Å². The maximum atomic E-state index is 13.0. The Bertz CT molecular complexity index is 1330. The van der Waals surface area contributed by atoms with Gasteiger partial charge in [-0.05, 0) is 62.4 Å². The van der Waals surface area contributed by atoms with Gasteiger partial charge < -0.3 is 23.2 Å². The van der Waals surface area contributed by atoms with Crippen molar-refractivity contribution in [2.45, 2.75) is 19.1 Å². The molecule has 2 aromatic carbocycles. The van der Waals surface area contributed by atoms with Gasteiger partial charge in [-0.25, -0.2) is 0 Å². The minimum atomic E-state index is -0.00399. The molecule has 0 N–H and O–H groups in total. The second-order valence-corrected chi connectivity index (χ2v) is 8.40. The summed E-state index contributed by atoms with van der Waals surface area (Å²) in [4.78, 5) is 13.0. The maximum absolute atomic E-state index is 13.0. The van der Waals surface area contributed by atoms with Crippen molar-refractivity contribution < 1.29 is 23.4 Å². The molecule has 0 amide bonds. The third-order valence-corrected chi connectivity index (χ3v) is 6.23. The average Bonchev–Trinajstić information content (AvgIpc) is 3.56. The van der Waals surface area contributed by atoms with Crippen molar-refractivity contribution >= 4 is 17.5 Å². The van der Waals surface area contributed by atoms with Crippen molar-refractivity contribution in [1.82, 2.24) is 14.8 Å². The van der Waals surface area contributed by atoms with E-state index in [2.05, 4.69) is 14.8 Å². The van der Waals surface area contributed by atoms with Crippen LogP contribution >= 0.6 is 11.8 Å². The molecule has 0 saturated heterocycles. The minimum absolute atomic E-state index is 0.00399. The molecule has 3 heterocycles. The van der Waals surface area contributed by atoms with Crippen LogP contribution in [0.15, 0.2) is 58.2 Å². The summed E-state index contributed by atoms with van der Waals surface area (Å²) >= 11 is 1.22. The summed E-state index contributed by atoms with van der Waals surface area (Å²) in [5.41, 5.74) is 4.24. The van der Waals surface area contributed by atoms with Crippen molar-refractivity contribution in [3.8, 4) is 34.4 Å². The fourth-order valence-corrected chi connectivity index (χ4v) is 4.44. The summed E-state index contributed by atoms with van der Waals surface area (Å²) in [6.45, 7) is 4.13. The van der Waals surface area contributed by atoms with Gasteiger partial charge in [-0.15, -0.1) is 10.2 Å². The number of thioether (sulfide) groups is 1. The van der Waals surface area contributed by atoms with Gasteiger partial charge in [0.1, 0.15) is 5.75 Å². The number of hydrogen-bond donors (Lipinski definition) is 0. The molecule has 9 heteroatoms. The van der Waals surface area contributed by atoms with E-state index in [-0.39, 0.29) is 18.3 Å². The Morgan fingerprint density at radius 3 is 2.64 bits per heavy atom. The highest BCUT2D eigenvalue weighted by atomic mass is 32.2. The number of carbonyl (C=O) groups is 1. The molecule has 8 nitrogen and oxygen atoms in total. The van der Waals surface area contributed by atoms with Gasteiger partial charge in [0.05, 0.1) is 12.9 Å². The van der Waals surface area contributed by atoms with Crippen molar-refractivity contribution in [2.75, 3.05) is 19.7 Å². The van der Waals surface area contributed by atoms with E-state index in [1.807, 2.05) is 50.2 Å². The molecular formula is C24H21N3O5S. The first-order chi connectivity index (χ1) is 16.0. The monoisotopic (exact) mass is 463 g/mol. The fourth-order valence-electron chi connectivity index (χ4n) is 3.79. The Kier molecular flexibility index (Phi) is 5.55. The standard InChI is InChI=1S/C24H21N3O5S/c1-14-10-19(15(2)27(14)17-5-7-18(29-3)8-6-17)20(28)12-33-24-26-25-23(32-24)16-4-9-21-22(11-16)31-13-30-21/h4-11H,12-13H2,1-3H3. The lowest BCUT2D eigenvalue weighted by Gasteiger charge is -2.10. The third kappa shape index (κ3) is 4.07. The smallest absolute Gasteiger partial charge is 0.277 e. The molecule has 5 rings (SSSR count). The Hall–Kier alpha value is -3.72. The molecule has 168 valence electrons. The maximum Gasteiger partial charge on any atom is 0.277 e. The number of ketones is 1. The fraction of sp³-hybridized carbons (Fsp3) is 0.208. The van der Waals surface area contributed by atoms with E-state index >= 15 is 0 Å². The summed E-state index contributed by atoms with van der Waals surface area (Å²) in [6.07, 6.45) is 0. The van der Waals surface area contributed by atoms with Crippen molar-refractivity contribution in [1.29, 1.82) is 0 Å². The molecule has 0 atom stereocenters. The molecule has 0 bridgehead atoms. The highest BCUT2D eigenvalue weighted by Gasteiger charge is 2.20. The zero-order valence-corrected chi connectivity index (χ0v) is 19.1. The molecule has 0 aliphatic carbocycles. The normalized spacial score (nSPS) is 12.2. The molecule has 2 aromatic heterocycles. The van der Waals surface area contributed by atoms with Crippen LogP contribution in [0.2, 0.25) is 0 Å². The Labute approximate surface area is 194 Å². The molecule has 0 unspecified atom stereocenters. The predicted molar refractivity (Wildman–Crippen MR) is 123 cm³/mol. The summed E-state index contributed by atoms with van der Waals surface area (Å²) < 4.78 is 23.7. The molecule has 0 radical (unpaired) electrons. The number of fused-ring (bicyclic) bond motifs is 1. The highest BCUT2D eigenvalue weighted by Crippen LogP contribution is 2.36. The van der Waals surface area contributed by atoms with E-state index in [1.54, 1.807) is 19.2 Å². The van der Waals surface area contributed by atoms with Crippen LogP contribution in [-0.4, -0.2) is 40.2 Å². The predicted octanol–water partition coefficient (Wildman–Crippen LogP) is 4.86. The molecule has 1 aliphatic rings. The number of Topliss-reactive ketones (excluding diaryl/α,β-unsaturated/α-hetero) is 1. The largest absolute Gasteiger partial charge is 0.497 e. The van der Waals surface area contributed by atoms with Crippen molar-refractivity contribution in [2.24, 2.45) is 0 Å². The SMILES string of the molecule is COc1ccc(-n2c(C)cc(C(=O)CSc3nnc(-c4ccc5c(c4)OCO5)o3)c2C)cc1. The van der Waals surface area contributed by atoms with Crippen LogP contribution < -0.4 is 14.2 Å². The van der Waals surface area contributed by atoms with Crippen molar-refractivity contribution in [3.05, 3.63) is 65.5 Å². The van der Waals surface area contributed by atoms with E-state index in [0.717, 1.165) is 28.4 Å². The summed E-state index contributed by atoms with van der Waals surface area (Å²) in [5.74, 6) is 2.66. The number of rotatable bonds is 7. The van der Waals surface area contributed by atoms with Gasteiger partial charge in [0.2, 0.25) is 12.7 Å². The van der Waals surface area contributed by atoms with Gasteiger partial charge >= 0.3 is 0 Å². The number of carbonyl (C=O) groups excluding carboxylic acids is 1. The van der Waals surface area contributed by atoms with Gasteiger partial charge in [-0.2, -0.15) is 0 Å². The lowest BCUT2D eigenvalue weighted by Crippen LogP contribution is -2.05. The zero-order valence-electron chi connectivity index (χ0n) is 18.3. The molecule has 0 fully saturated rings. The van der Waals surface area contributed by atoms with Crippen LogP contribution in [0.3, 0.4) is 0 Å². The lowest BCUT2D eigenvalue weighted by atomic mass is 10.2. The first kappa shape index (κ1) is 21.1. The van der Waals surface area contributed by atoms with Crippen LogP contribution in [0.4, 0.5) is 0 Å². The third-order valence-electron chi connectivity index (χ3n) is 5.41. The summed E-state index contributed by atoms with van der Waals surface area (Å²) in [7, 11) is 1.64. The van der Waals surface area contributed by atoms with Crippen LogP contribution in [-0.2, 0) is 0 Å².